The molecule has 0 bridgehead atoms. The third kappa shape index (κ3) is 2.96. The van der Waals surface area contributed by atoms with Gasteiger partial charge in [0.15, 0.2) is 0 Å². The third-order valence-electron chi connectivity index (χ3n) is 2.25. The van der Waals surface area contributed by atoms with Gasteiger partial charge in [-0.2, -0.15) is 0 Å². The van der Waals surface area contributed by atoms with Crippen LogP contribution in [0.25, 0.3) is 0 Å². The molecule has 1 N–H and O–H groups in total. The van der Waals surface area contributed by atoms with Crippen LogP contribution in [0.15, 0.2) is 16.6 Å². The van der Waals surface area contributed by atoms with E-state index in [9.17, 15) is 4.79 Å². The number of ether oxygens (including phenoxy) is 1. The van der Waals surface area contributed by atoms with Crippen LogP contribution in [0.1, 0.15) is 17.5 Å². The summed E-state index contributed by atoms with van der Waals surface area (Å²) in [5.41, 5.74) is 2.07. The molecule has 0 aromatic heterocycles. The number of methoxy groups -OCH3 is 1. The minimum absolute atomic E-state index is 0.132. The van der Waals surface area contributed by atoms with Gasteiger partial charge in [0, 0.05) is 6.42 Å². The molecule has 0 aliphatic carbocycles. The first-order chi connectivity index (χ1) is 7.06. The summed E-state index contributed by atoms with van der Waals surface area (Å²) >= 11 is 3.42. The second-order valence-corrected chi connectivity index (χ2v) is 4.06. The Bertz CT molecular complexity index is 374. The second-order valence-electron chi connectivity index (χ2n) is 3.27. The van der Waals surface area contributed by atoms with Crippen molar-refractivity contribution in [2.75, 3.05) is 7.11 Å². The lowest BCUT2D eigenvalue weighted by Crippen LogP contribution is -2.00. The van der Waals surface area contributed by atoms with Gasteiger partial charge in [-0.15, -0.1) is 0 Å². The summed E-state index contributed by atoms with van der Waals surface area (Å²) in [6.07, 6.45) is 0.644. The Hall–Kier alpha value is -1.03. The Morgan fingerprint density at radius 1 is 1.53 bits per heavy atom. The van der Waals surface area contributed by atoms with E-state index in [1.165, 1.54) is 0 Å². The van der Waals surface area contributed by atoms with Crippen molar-refractivity contribution >= 4 is 21.9 Å². The number of halogens is 1. The summed E-state index contributed by atoms with van der Waals surface area (Å²) in [6, 6.07) is 3.80. The van der Waals surface area contributed by atoms with Gasteiger partial charge in [-0.25, -0.2) is 0 Å². The van der Waals surface area contributed by atoms with Gasteiger partial charge in [0.25, 0.3) is 0 Å². The smallest absolute Gasteiger partial charge is 0.303 e. The van der Waals surface area contributed by atoms with Gasteiger partial charge in [0.1, 0.15) is 5.75 Å². The predicted molar refractivity (Wildman–Crippen MR) is 61.4 cm³/mol. The molecule has 1 rings (SSSR count). The van der Waals surface area contributed by atoms with Crippen molar-refractivity contribution in [2.24, 2.45) is 0 Å². The van der Waals surface area contributed by atoms with Gasteiger partial charge < -0.3 is 9.84 Å². The van der Waals surface area contributed by atoms with E-state index >= 15 is 0 Å². The van der Waals surface area contributed by atoms with Crippen LogP contribution in [0.2, 0.25) is 0 Å². The van der Waals surface area contributed by atoms with Crippen LogP contribution in [-0.4, -0.2) is 18.2 Å². The number of hydrogen-bond acceptors (Lipinski definition) is 2. The van der Waals surface area contributed by atoms with E-state index in [-0.39, 0.29) is 6.42 Å². The minimum atomic E-state index is -0.788. The summed E-state index contributed by atoms with van der Waals surface area (Å²) in [5, 5.41) is 8.64. The molecular weight excluding hydrogens is 260 g/mol. The third-order valence-corrected chi connectivity index (χ3v) is 3.12. The van der Waals surface area contributed by atoms with Gasteiger partial charge in [-0.3, -0.25) is 4.79 Å². The molecule has 0 heterocycles. The lowest BCUT2D eigenvalue weighted by molar-refractivity contribution is -0.136. The van der Waals surface area contributed by atoms with Crippen LogP contribution in [0.3, 0.4) is 0 Å². The van der Waals surface area contributed by atoms with Crippen LogP contribution in [0, 0.1) is 6.92 Å². The molecule has 3 nitrogen and oxygen atoms in total. The van der Waals surface area contributed by atoms with Crippen molar-refractivity contribution in [2.45, 2.75) is 19.8 Å². The van der Waals surface area contributed by atoms with E-state index in [0.717, 1.165) is 21.3 Å². The fourth-order valence-corrected chi connectivity index (χ4v) is 2.20. The number of aliphatic carboxylic acids is 1. The molecule has 82 valence electrons. The lowest BCUT2D eigenvalue weighted by atomic mass is 10.0. The maximum Gasteiger partial charge on any atom is 0.303 e. The average molecular weight is 273 g/mol. The monoisotopic (exact) mass is 272 g/mol. The fourth-order valence-electron chi connectivity index (χ4n) is 1.39. The molecule has 0 fully saturated rings. The van der Waals surface area contributed by atoms with Gasteiger partial charge >= 0.3 is 5.97 Å². The highest BCUT2D eigenvalue weighted by atomic mass is 79.9. The van der Waals surface area contributed by atoms with Crippen molar-refractivity contribution in [3.63, 3.8) is 0 Å². The van der Waals surface area contributed by atoms with Crippen LogP contribution in [0.5, 0.6) is 5.75 Å². The highest BCUT2D eigenvalue weighted by molar-refractivity contribution is 9.10. The maximum atomic E-state index is 10.5. The number of benzene rings is 1. The zero-order chi connectivity index (χ0) is 11.4. The summed E-state index contributed by atoms with van der Waals surface area (Å²) < 4.78 is 6.01. The summed E-state index contributed by atoms with van der Waals surface area (Å²) in [7, 11) is 1.59. The fraction of sp³-hybridized carbons (Fsp3) is 0.364. The van der Waals surface area contributed by atoms with Crippen molar-refractivity contribution in [3.8, 4) is 5.75 Å². The molecule has 1 aromatic carbocycles. The number of carboxylic acid groups (broad SMARTS) is 1. The second kappa shape index (κ2) is 5.16. The molecule has 0 saturated carbocycles. The zero-order valence-corrected chi connectivity index (χ0v) is 10.3. The van der Waals surface area contributed by atoms with Crippen LogP contribution >= 0.6 is 15.9 Å². The van der Waals surface area contributed by atoms with Gasteiger partial charge in [0.05, 0.1) is 11.6 Å². The zero-order valence-electron chi connectivity index (χ0n) is 8.71. The molecular formula is C11H13BrO3. The van der Waals surface area contributed by atoms with Crippen LogP contribution in [0.4, 0.5) is 0 Å². The summed E-state index contributed by atoms with van der Waals surface area (Å²) in [4.78, 5) is 10.5. The first kappa shape index (κ1) is 12.0. The Morgan fingerprint density at radius 3 is 2.73 bits per heavy atom. The molecule has 0 spiro atoms. The first-order valence-electron chi connectivity index (χ1n) is 4.60. The molecule has 0 aliphatic heterocycles. The number of hydrogen-bond donors (Lipinski definition) is 1. The molecule has 4 heteroatoms. The Labute approximate surface area is 97.2 Å². The molecule has 15 heavy (non-hydrogen) atoms. The quantitative estimate of drug-likeness (QED) is 0.917. The Kier molecular flexibility index (Phi) is 4.15. The minimum Gasteiger partial charge on any atom is -0.496 e. The number of carbonyl (C=O) groups is 1. The standard InChI is InChI=1S/C11H13BrO3/c1-7-3-5-9(15-2)11(12)8(7)4-6-10(13)14/h3,5H,4,6H2,1-2H3,(H,13,14). The number of carboxylic acids is 1. The van der Waals surface area contributed by atoms with Gasteiger partial charge in [0.2, 0.25) is 0 Å². The van der Waals surface area contributed by atoms with Gasteiger partial charge in [-0.1, -0.05) is 6.07 Å². The van der Waals surface area contributed by atoms with Crippen molar-refractivity contribution in [1.82, 2.24) is 0 Å². The number of aryl methyl sites for hydroxylation is 1. The molecule has 0 atom stereocenters. The molecule has 0 unspecified atom stereocenters. The van der Waals surface area contributed by atoms with E-state index in [2.05, 4.69) is 15.9 Å². The Morgan fingerprint density at radius 2 is 2.20 bits per heavy atom. The molecule has 0 radical (unpaired) electrons. The van der Waals surface area contributed by atoms with Crippen LogP contribution in [-0.2, 0) is 11.2 Å². The van der Waals surface area contributed by atoms with E-state index in [0.29, 0.717) is 6.42 Å². The largest absolute Gasteiger partial charge is 0.496 e. The van der Waals surface area contributed by atoms with E-state index < -0.39 is 5.97 Å². The average Bonchev–Trinajstić information content (AvgIpc) is 2.17. The molecule has 0 aliphatic rings. The van der Waals surface area contributed by atoms with E-state index in [1.54, 1.807) is 7.11 Å². The van der Waals surface area contributed by atoms with Crippen molar-refractivity contribution in [3.05, 3.63) is 27.7 Å². The number of rotatable bonds is 4. The first-order valence-corrected chi connectivity index (χ1v) is 5.39. The summed E-state index contributed by atoms with van der Waals surface area (Å²) in [5.74, 6) is -0.0508. The van der Waals surface area contributed by atoms with E-state index in [4.69, 9.17) is 9.84 Å². The van der Waals surface area contributed by atoms with Crippen molar-refractivity contribution in [1.29, 1.82) is 0 Å². The topological polar surface area (TPSA) is 46.5 Å². The predicted octanol–water partition coefficient (Wildman–Crippen LogP) is 2.78. The molecule has 0 saturated heterocycles. The van der Waals surface area contributed by atoms with E-state index in [1.807, 2.05) is 19.1 Å². The van der Waals surface area contributed by atoms with Crippen molar-refractivity contribution < 1.29 is 14.6 Å². The normalized spacial score (nSPS) is 10.1. The van der Waals surface area contributed by atoms with Crippen LogP contribution < -0.4 is 4.74 Å². The SMILES string of the molecule is COc1ccc(C)c(CCC(=O)O)c1Br. The maximum absolute atomic E-state index is 10.5. The summed E-state index contributed by atoms with van der Waals surface area (Å²) in [6.45, 7) is 1.96. The highest BCUT2D eigenvalue weighted by Gasteiger charge is 2.10. The molecule has 0 amide bonds. The van der Waals surface area contributed by atoms with Gasteiger partial charge in [-0.05, 0) is 46.5 Å². The lowest BCUT2D eigenvalue weighted by Gasteiger charge is -2.11. The molecule has 1 aromatic rings. The Balaban J connectivity index is 2.98. The highest BCUT2D eigenvalue weighted by Crippen LogP contribution is 2.31.